The van der Waals surface area contributed by atoms with E-state index in [-0.39, 0.29) is 0 Å². The summed E-state index contributed by atoms with van der Waals surface area (Å²) < 4.78 is 0. The van der Waals surface area contributed by atoms with E-state index in [1.807, 2.05) is 0 Å². The summed E-state index contributed by atoms with van der Waals surface area (Å²) >= 11 is 0. The van der Waals surface area contributed by atoms with Crippen LogP contribution in [0.15, 0.2) is 4.99 Å². The standard InChI is InChI=1S/C16H34N4/c1-4-15(3)19-16(17-5-2)18-11-10-14-20-12-8-6-7-9-13-20/h15H,4-14H2,1-3H3,(H2,17,18,19). The Balaban J connectivity index is 2.24. The summed E-state index contributed by atoms with van der Waals surface area (Å²) in [5.74, 6) is 0.970. The van der Waals surface area contributed by atoms with Crippen LogP contribution in [0.1, 0.15) is 59.3 Å². The Kier molecular flexibility index (Phi) is 9.46. The zero-order valence-corrected chi connectivity index (χ0v) is 13.7. The second-order valence-corrected chi connectivity index (χ2v) is 5.82. The maximum absolute atomic E-state index is 4.68. The quantitative estimate of drug-likeness (QED) is 0.428. The van der Waals surface area contributed by atoms with Gasteiger partial charge in [0.05, 0.1) is 0 Å². The Hall–Kier alpha value is -0.770. The Morgan fingerprint density at radius 1 is 1.15 bits per heavy atom. The summed E-state index contributed by atoms with van der Waals surface area (Å²) in [6.45, 7) is 12.1. The van der Waals surface area contributed by atoms with Gasteiger partial charge in [-0.15, -0.1) is 0 Å². The molecule has 1 aliphatic heterocycles. The van der Waals surface area contributed by atoms with Crippen LogP contribution in [0, 0.1) is 0 Å². The number of likely N-dealkylation sites (tertiary alicyclic amines) is 1. The molecule has 118 valence electrons. The minimum atomic E-state index is 0.485. The molecule has 1 unspecified atom stereocenters. The Morgan fingerprint density at radius 2 is 1.85 bits per heavy atom. The lowest BCUT2D eigenvalue weighted by Crippen LogP contribution is -2.42. The van der Waals surface area contributed by atoms with Gasteiger partial charge in [0.15, 0.2) is 5.96 Å². The highest BCUT2D eigenvalue weighted by atomic mass is 15.2. The molecule has 1 aliphatic rings. The summed E-state index contributed by atoms with van der Waals surface area (Å²) in [5.41, 5.74) is 0. The van der Waals surface area contributed by atoms with Crippen LogP contribution in [0.4, 0.5) is 0 Å². The van der Waals surface area contributed by atoms with Gasteiger partial charge in [0, 0.05) is 19.1 Å². The summed E-state index contributed by atoms with van der Waals surface area (Å²) in [6, 6.07) is 0.485. The predicted molar refractivity (Wildman–Crippen MR) is 88.4 cm³/mol. The van der Waals surface area contributed by atoms with E-state index in [0.717, 1.165) is 31.9 Å². The summed E-state index contributed by atoms with van der Waals surface area (Å²) in [7, 11) is 0. The number of guanidine groups is 1. The van der Waals surface area contributed by atoms with E-state index < -0.39 is 0 Å². The highest BCUT2D eigenvalue weighted by molar-refractivity contribution is 5.79. The van der Waals surface area contributed by atoms with E-state index >= 15 is 0 Å². The van der Waals surface area contributed by atoms with Gasteiger partial charge in [-0.05, 0) is 59.2 Å². The van der Waals surface area contributed by atoms with Gasteiger partial charge in [0.1, 0.15) is 0 Å². The number of nitrogens with one attached hydrogen (secondary N) is 2. The van der Waals surface area contributed by atoms with Crippen LogP contribution in [0.3, 0.4) is 0 Å². The van der Waals surface area contributed by atoms with E-state index in [1.54, 1.807) is 0 Å². The molecule has 0 amide bonds. The first kappa shape index (κ1) is 17.3. The molecule has 1 atom stereocenters. The molecule has 20 heavy (non-hydrogen) atoms. The molecule has 0 aromatic heterocycles. The molecular formula is C16H34N4. The van der Waals surface area contributed by atoms with Gasteiger partial charge in [0.25, 0.3) is 0 Å². The van der Waals surface area contributed by atoms with Gasteiger partial charge >= 0.3 is 0 Å². The zero-order valence-electron chi connectivity index (χ0n) is 13.7. The first-order valence-corrected chi connectivity index (χ1v) is 8.53. The second-order valence-electron chi connectivity index (χ2n) is 5.82. The van der Waals surface area contributed by atoms with Crippen LogP contribution < -0.4 is 10.6 Å². The summed E-state index contributed by atoms with van der Waals surface area (Å²) in [4.78, 5) is 7.29. The van der Waals surface area contributed by atoms with Gasteiger partial charge in [-0.2, -0.15) is 0 Å². The van der Waals surface area contributed by atoms with Gasteiger partial charge in [0.2, 0.25) is 0 Å². The van der Waals surface area contributed by atoms with Gasteiger partial charge < -0.3 is 15.5 Å². The first-order chi connectivity index (χ1) is 9.76. The summed E-state index contributed by atoms with van der Waals surface area (Å²) in [6.07, 6.45) is 7.87. The molecule has 0 saturated carbocycles. The number of hydrogen-bond acceptors (Lipinski definition) is 2. The van der Waals surface area contributed by atoms with Crippen molar-refractivity contribution in [3.8, 4) is 0 Å². The fourth-order valence-electron chi connectivity index (χ4n) is 2.50. The molecule has 0 bridgehead atoms. The van der Waals surface area contributed by atoms with Crippen molar-refractivity contribution in [3.63, 3.8) is 0 Å². The van der Waals surface area contributed by atoms with Crippen molar-refractivity contribution in [2.24, 2.45) is 4.99 Å². The third kappa shape index (κ3) is 7.73. The smallest absolute Gasteiger partial charge is 0.191 e. The van der Waals surface area contributed by atoms with E-state index in [0.29, 0.717) is 6.04 Å². The van der Waals surface area contributed by atoms with Gasteiger partial charge in [-0.25, -0.2) is 0 Å². The largest absolute Gasteiger partial charge is 0.357 e. The van der Waals surface area contributed by atoms with Gasteiger partial charge in [-0.1, -0.05) is 19.8 Å². The van der Waals surface area contributed by atoms with Crippen LogP contribution in [0.25, 0.3) is 0 Å². The molecule has 4 heteroatoms. The average molecular weight is 282 g/mol. The molecule has 0 spiro atoms. The maximum atomic E-state index is 4.68. The first-order valence-electron chi connectivity index (χ1n) is 8.53. The minimum absolute atomic E-state index is 0.485. The zero-order chi connectivity index (χ0) is 14.6. The maximum Gasteiger partial charge on any atom is 0.191 e. The van der Waals surface area contributed by atoms with Crippen molar-refractivity contribution in [2.45, 2.75) is 65.3 Å². The Morgan fingerprint density at radius 3 is 2.45 bits per heavy atom. The van der Waals surface area contributed by atoms with E-state index in [1.165, 1.54) is 45.3 Å². The van der Waals surface area contributed by atoms with Crippen molar-refractivity contribution in [1.29, 1.82) is 0 Å². The van der Waals surface area contributed by atoms with E-state index in [2.05, 4.69) is 41.3 Å². The fourth-order valence-corrected chi connectivity index (χ4v) is 2.50. The Bertz CT molecular complexity index is 257. The molecular weight excluding hydrogens is 248 g/mol. The van der Waals surface area contributed by atoms with Crippen molar-refractivity contribution in [3.05, 3.63) is 0 Å². The molecule has 0 radical (unpaired) electrons. The molecule has 1 rings (SSSR count). The summed E-state index contributed by atoms with van der Waals surface area (Å²) in [5, 5.41) is 6.76. The molecule has 1 fully saturated rings. The lowest BCUT2D eigenvalue weighted by molar-refractivity contribution is 0.283. The average Bonchev–Trinajstić information content (AvgIpc) is 2.72. The molecule has 0 aromatic carbocycles. The van der Waals surface area contributed by atoms with Gasteiger partial charge in [-0.3, -0.25) is 4.99 Å². The third-order valence-corrected chi connectivity index (χ3v) is 3.94. The highest BCUT2D eigenvalue weighted by Crippen LogP contribution is 2.09. The fraction of sp³-hybridized carbons (Fsp3) is 0.938. The molecule has 2 N–H and O–H groups in total. The Labute approximate surface area is 125 Å². The van der Waals surface area contributed by atoms with Crippen molar-refractivity contribution >= 4 is 5.96 Å². The monoisotopic (exact) mass is 282 g/mol. The SMILES string of the molecule is CCNC(=NCCCN1CCCCCC1)NC(C)CC. The van der Waals surface area contributed by atoms with Crippen molar-refractivity contribution in [1.82, 2.24) is 15.5 Å². The molecule has 1 heterocycles. The number of hydrogen-bond donors (Lipinski definition) is 2. The van der Waals surface area contributed by atoms with E-state index in [4.69, 9.17) is 0 Å². The minimum Gasteiger partial charge on any atom is -0.357 e. The van der Waals surface area contributed by atoms with Crippen LogP contribution in [-0.2, 0) is 0 Å². The van der Waals surface area contributed by atoms with Crippen molar-refractivity contribution in [2.75, 3.05) is 32.7 Å². The highest BCUT2D eigenvalue weighted by Gasteiger charge is 2.08. The van der Waals surface area contributed by atoms with Crippen LogP contribution in [0.5, 0.6) is 0 Å². The number of rotatable bonds is 7. The lowest BCUT2D eigenvalue weighted by atomic mass is 10.2. The van der Waals surface area contributed by atoms with E-state index in [9.17, 15) is 0 Å². The lowest BCUT2D eigenvalue weighted by Gasteiger charge is -2.19. The van der Waals surface area contributed by atoms with Crippen LogP contribution >= 0.6 is 0 Å². The molecule has 0 aromatic rings. The van der Waals surface area contributed by atoms with Crippen molar-refractivity contribution < 1.29 is 0 Å². The number of nitrogens with zero attached hydrogens (tertiary/aromatic N) is 2. The third-order valence-electron chi connectivity index (χ3n) is 3.94. The molecule has 4 nitrogen and oxygen atoms in total. The number of aliphatic imine (C=N–C) groups is 1. The van der Waals surface area contributed by atoms with Crippen LogP contribution in [0.2, 0.25) is 0 Å². The molecule has 1 saturated heterocycles. The topological polar surface area (TPSA) is 39.7 Å². The second kappa shape index (κ2) is 11.0. The molecule has 0 aliphatic carbocycles. The predicted octanol–water partition coefficient (Wildman–Crippen LogP) is 2.61. The normalized spacial score (nSPS) is 19.4. The van der Waals surface area contributed by atoms with Crippen LogP contribution in [-0.4, -0.2) is 49.6 Å².